The number of fused-ring (bicyclic) bond motifs is 2. The van der Waals surface area contributed by atoms with Crippen LogP contribution in [0.2, 0.25) is 0 Å². The van der Waals surface area contributed by atoms with Gasteiger partial charge in [-0.25, -0.2) is 0 Å². The van der Waals surface area contributed by atoms with E-state index >= 15 is 0 Å². The number of ketones is 1. The second-order valence-corrected chi connectivity index (χ2v) is 7.81. The molecule has 32 heavy (non-hydrogen) atoms. The van der Waals surface area contributed by atoms with Crippen LogP contribution in [0.4, 0.5) is 0 Å². The maximum absolute atomic E-state index is 12.7. The lowest BCUT2D eigenvalue weighted by Gasteiger charge is -2.42. The van der Waals surface area contributed by atoms with Gasteiger partial charge in [-0.05, 0) is 30.7 Å². The minimum Gasteiger partial charge on any atom is -0.493 e. The van der Waals surface area contributed by atoms with Gasteiger partial charge in [-0.2, -0.15) is 0 Å². The lowest BCUT2D eigenvalue weighted by atomic mass is 9.72. The molecule has 0 amide bonds. The zero-order chi connectivity index (χ0) is 23.2. The van der Waals surface area contributed by atoms with Gasteiger partial charge >= 0.3 is 5.97 Å². The fraction of sp³-hybridized carbons (Fsp3) is 0.391. The highest BCUT2D eigenvalue weighted by atomic mass is 16.7. The van der Waals surface area contributed by atoms with E-state index in [2.05, 4.69) is 0 Å². The first-order valence-corrected chi connectivity index (χ1v) is 9.96. The van der Waals surface area contributed by atoms with Crippen molar-refractivity contribution in [2.75, 3.05) is 21.0 Å². The van der Waals surface area contributed by atoms with Gasteiger partial charge in [-0.3, -0.25) is 9.59 Å². The van der Waals surface area contributed by atoms with E-state index < -0.39 is 23.6 Å². The summed E-state index contributed by atoms with van der Waals surface area (Å²) in [6.07, 6.45) is 0. The molecule has 3 atom stereocenters. The number of methoxy groups -OCH3 is 2. The third kappa shape index (κ3) is 3.58. The molecule has 2 aliphatic rings. The largest absolute Gasteiger partial charge is 0.493 e. The number of benzene rings is 2. The summed E-state index contributed by atoms with van der Waals surface area (Å²) in [6, 6.07) is 6.68. The molecule has 4 rings (SSSR count). The van der Waals surface area contributed by atoms with Gasteiger partial charge in [0.25, 0.3) is 0 Å². The fourth-order valence-electron chi connectivity index (χ4n) is 4.35. The summed E-state index contributed by atoms with van der Waals surface area (Å²) in [6.45, 7) is 4.18. The summed E-state index contributed by atoms with van der Waals surface area (Å²) in [5.74, 6) is -2.24. The molecular formula is C23H24O9. The molecule has 170 valence electrons. The molecule has 0 saturated heterocycles. The quantitative estimate of drug-likeness (QED) is 0.550. The average molecular weight is 444 g/mol. The Labute approximate surface area is 184 Å². The van der Waals surface area contributed by atoms with Gasteiger partial charge in [-0.1, -0.05) is 0 Å². The van der Waals surface area contributed by atoms with E-state index in [-0.39, 0.29) is 29.8 Å². The Hall–Kier alpha value is -3.46. The third-order valence-electron chi connectivity index (χ3n) is 5.59. The standard InChI is InChI=1S/C23H24O9/c1-11(24)21-20(13-6-18(27-4)22(31-12(2)25)19(7-13)28-5)14-8-16-17(30-10-29-16)9-15(14)32-23(21,3)26/h6-9,20-21,26H,10H2,1-5H3. The average Bonchev–Trinajstić information content (AvgIpc) is 3.17. The minimum atomic E-state index is -1.80. The van der Waals surface area contributed by atoms with Gasteiger partial charge in [-0.15, -0.1) is 0 Å². The first-order chi connectivity index (χ1) is 15.2. The third-order valence-corrected chi connectivity index (χ3v) is 5.59. The van der Waals surface area contributed by atoms with E-state index in [9.17, 15) is 14.7 Å². The fourth-order valence-corrected chi connectivity index (χ4v) is 4.35. The van der Waals surface area contributed by atoms with Gasteiger partial charge in [0.15, 0.2) is 23.0 Å². The number of hydrogen-bond donors (Lipinski definition) is 1. The highest BCUT2D eigenvalue weighted by molar-refractivity contribution is 5.82. The molecule has 2 heterocycles. The molecule has 0 spiro atoms. The monoisotopic (exact) mass is 444 g/mol. The van der Waals surface area contributed by atoms with Crippen molar-refractivity contribution < 1.29 is 43.1 Å². The molecule has 2 aliphatic heterocycles. The van der Waals surface area contributed by atoms with Gasteiger partial charge in [0.2, 0.25) is 18.3 Å². The van der Waals surface area contributed by atoms with Crippen molar-refractivity contribution in [3.63, 3.8) is 0 Å². The Bertz CT molecular complexity index is 1060. The maximum Gasteiger partial charge on any atom is 0.308 e. The van der Waals surface area contributed by atoms with Crippen LogP contribution in [0, 0.1) is 5.92 Å². The summed E-state index contributed by atoms with van der Waals surface area (Å²) < 4.78 is 33.0. The lowest BCUT2D eigenvalue weighted by Crippen LogP contribution is -2.50. The Balaban J connectivity index is 1.96. The maximum atomic E-state index is 12.7. The van der Waals surface area contributed by atoms with Crippen molar-refractivity contribution >= 4 is 11.8 Å². The molecule has 0 fully saturated rings. The Morgan fingerprint density at radius 1 is 1.00 bits per heavy atom. The van der Waals surface area contributed by atoms with Crippen LogP contribution in [0.25, 0.3) is 0 Å². The summed E-state index contributed by atoms with van der Waals surface area (Å²) >= 11 is 0. The second-order valence-electron chi connectivity index (χ2n) is 7.81. The van der Waals surface area contributed by atoms with E-state index in [0.29, 0.717) is 28.4 Å². The number of hydrogen-bond acceptors (Lipinski definition) is 9. The summed E-state index contributed by atoms with van der Waals surface area (Å²) in [5, 5.41) is 11.1. The Kier molecular flexibility index (Phi) is 5.37. The molecule has 9 heteroatoms. The highest BCUT2D eigenvalue weighted by Gasteiger charge is 2.50. The van der Waals surface area contributed by atoms with Crippen LogP contribution in [-0.4, -0.2) is 43.7 Å². The van der Waals surface area contributed by atoms with E-state index in [1.807, 2.05) is 0 Å². The molecule has 2 aromatic carbocycles. The molecule has 0 radical (unpaired) electrons. The van der Waals surface area contributed by atoms with Crippen LogP contribution in [0.1, 0.15) is 37.8 Å². The SMILES string of the molecule is COc1cc(C2c3cc4c(cc3OC(C)(O)C2C(C)=O)OCO4)cc(OC)c1OC(C)=O. The molecule has 9 nitrogen and oxygen atoms in total. The van der Waals surface area contributed by atoms with E-state index in [4.69, 9.17) is 28.4 Å². The lowest BCUT2D eigenvalue weighted by molar-refractivity contribution is -0.181. The van der Waals surface area contributed by atoms with Crippen molar-refractivity contribution in [1.82, 2.24) is 0 Å². The van der Waals surface area contributed by atoms with Crippen molar-refractivity contribution in [3.8, 4) is 34.5 Å². The summed E-state index contributed by atoms with van der Waals surface area (Å²) in [4.78, 5) is 24.3. The van der Waals surface area contributed by atoms with E-state index in [0.717, 1.165) is 0 Å². The van der Waals surface area contributed by atoms with Crippen molar-refractivity contribution in [2.24, 2.45) is 5.92 Å². The number of aliphatic hydroxyl groups is 1. The highest BCUT2D eigenvalue weighted by Crippen LogP contribution is 2.53. The Morgan fingerprint density at radius 3 is 2.12 bits per heavy atom. The van der Waals surface area contributed by atoms with Crippen molar-refractivity contribution in [3.05, 3.63) is 35.4 Å². The number of rotatable bonds is 5. The summed E-state index contributed by atoms with van der Waals surface area (Å²) in [5.41, 5.74) is 1.23. The molecule has 0 saturated carbocycles. The van der Waals surface area contributed by atoms with Crippen LogP contribution >= 0.6 is 0 Å². The molecule has 2 aromatic rings. The minimum absolute atomic E-state index is 0.0636. The molecule has 1 N–H and O–H groups in total. The molecular weight excluding hydrogens is 420 g/mol. The Morgan fingerprint density at radius 2 is 1.59 bits per heavy atom. The van der Waals surface area contributed by atoms with Crippen molar-refractivity contribution in [1.29, 1.82) is 0 Å². The number of Topliss-reactive ketones (excluding diaryl/α,β-unsaturated/α-hetero) is 1. The molecule has 0 aliphatic carbocycles. The van der Waals surface area contributed by atoms with Gasteiger partial charge in [0, 0.05) is 31.4 Å². The topological polar surface area (TPSA) is 110 Å². The summed E-state index contributed by atoms with van der Waals surface area (Å²) in [7, 11) is 2.86. The van der Waals surface area contributed by atoms with Crippen LogP contribution in [0.3, 0.4) is 0 Å². The number of carbonyl (C=O) groups excluding carboxylic acids is 2. The number of carbonyl (C=O) groups is 2. The molecule has 0 aromatic heterocycles. The van der Waals surface area contributed by atoms with Crippen LogP contribution in [0.15, 0.2) is 24.3 Å². The van der Waals surface area contributed by atoms with Crippen LogP contribution < -0.4 is 28.4 Å². The predicted molar refractivity (Wildman–Crippen MR) is 111 cm³/mol. The van der Waals surface area contributed by atoms with E-state index in [1.165, 1.54) is 35.0 Å². The number of esters is 1. The van der Waals surface area contributed by atoms with Gasteiger partial charge < -0.3 is 33.5 Å². The first-order valence-electron chi connectivity index (χ1n) is 9.96. The van der Waals surface area contributed by atoms with Gasteiger partial charge in [0.1, 0.15) is 11.5 Å². The second kappa shape index (κ2) is 7.90. The normalized spacial score (nSPS) is 23.1. The zero-order valence-electron chi connectivity index (χ0n) is 18.4. The van der Waals surface area contributed by atoms with Crippen LogP contribution in [-0.2, 0) is 9.59 Å². The smallest absolute Gasteiger partial charge is 0.308 e. The number of ether oxygens (including phenoxy) is 6. The predicted octanol–water partition coefficient (Wildman–Crippen LogP) is 2.80. The van der Waals surface area contributed by atoms with Crippen LogP contribution in [0.5, 0.6) is 34.5 Å². The first kappa shape index (κ1) is 21.8. The van der Waals surface area contributed by atoms with Gasteiger partial charge in [0.05, 0.1) is 20.1 Å². The van der Waals surface area contributed by atoms with E-state index in [1.54, 1.807) is 24.3 Å². The molecule has 0 bridgehead atoms. The van der Waals surface area contributed by atoms with Crippen molar-refractivity contribution in [2.45, 2.75) is 32.5 Å². The molecule has 3 unspecified atom stereocenters. The zero-order valence-corrected chi connectivity index (χ0v) is 18.4.